The van der Waals surface area contributed by atoms with Crippen molar-refractivity contribution >= 4 is 17.9 Å². The molecule has 0 aliphatic heterocycles. The van der Waals surface area contributed by atoms with Crippen molar-refractivity contribution in [2.24, 2.45) is 0 Å². The van der Waals surface area contributed by atoms with Crippen molar-refractivity contribution in [3.05, 3.63) is 12.2 Å². The highest BCUT2D eigenvalue weighted by atomic mass is 16.6. The van der Waals surface area contributed by atoms with Crippen LogP contribution in [0.15, 0.2) is 12.2 Å². The lowest BCUT2D eigenvalue weighted by molar-refractivity contribution is -0.167. The molecule has 58 heavy (non-hydrogen) atoms. The molecular formula is C52H98O6. The average Bonchev–Trinajstić information content (AvgIpc) is 3.22. The van der Waals surface area contributed by atoms with Crippen LogP contribution in [0.25, 0.3) is 0 Å². The Kier molecular flexibility index (Phi) is 46.3. The van der Waals surface area contributed by atoms with E-state index in [0.717, 1.165) is 64.2 Å². The fraction of sp³-hybridized carbons (Fsp3) is 0.904. The Morgan fingerprint density at radius 1 is 0.328 bits per heavy atom. The molecule has 0 radical (unpaired) electrons. The summed E-state index contributed by atoms with van der Waals surface area (Å²) in [7, 11) is 0. The first-order valence-electron chi connectivity index (χ1n) is 25.7. The third kappa shape index (κ3) is 45.2. The molecular weight excluding hydrogens is 721 g/mol. The Bertz CT molecular complexity index is 900. The van der Waals surface area contributed by atoms with Crippen molar-refractivity contribution in [1.82, 2.24) is 0 Å². The second-order valence-electron chi connectivity index (χ2n) is 17.4. The highest BCUT2D eigenvalue weighted by Gasteiger charge is 2.19. The fourth-order valence-corrected chi connectivity index (χ4v) is 7.61. The summed E-state index contributed by atoms with van der Waals surface area (Å²) >= 11 is 0. The Balaban J connectivity index is 4.33. The second-order valence-corrected chi connectivity index (χ2v) is 17.4. The van der Waals surface area contributed by atoms with Crippen LogP contribution in [-0.4, -0.2) is 37.2 Å². The largest absolute Gasteiger partial charge is 0.462 e. The monoisotopic (exact) mass is 819 g/mol. The topological polar surface area (TPSA) is 78.9 Å². The lowest BCUT2D eigenvalue weighted by Gasteiger charge is -2.18. The molecule has 0 amide bonds. The molecule has 0 aromatic heterocycles. The normalized spacial score (nSPS) is 12.0. The van der Waals surface area contributed by atoms with E-state index in [-0.39, 0.29) is 31.1 Å². The summed E-state index contributed by atoms with van der Waals surface area (Å²) in [6.45, 7) is 6.65. The molecule has 0 saturated heterocycles. The number of ether oxygens (including phenoxy) is 3. The Labute approximate surface area is 360 Å². The molecule has 0 unspecified atom stereocenters. The summed E-state index contributed by atoms with van der Waals surface area (Å²) in [4.78, 5) is 37.9. The minimum Gasteiger partial charge on any atom is -0.462 e. The van der Waals surface area contributed by atoms with Crippen LogP contribution in [0.2, 0.25) is 0 Å². The Morgan fingerprint density at radius 2 is 0.569 bits per heavy atom. The van der Waals surface area contributed by atoms with Crippen LogP contribution in [0, 0.1) is 0 Å². The summed E-state index contributed by atoms with van der Waals surface area (Å²) in [5.41, 5.74) is 0. The first kappa shape index (κ1) is 56.1. The highest BCUT2D eigenvalue weighted by Crippen LogP contribution is 2.16. The Hall–Kier alpha value is -1.85. The standard InChI is InChI=1S/C52H98O6/c1-4-7-10-13-16-19-22-25-26-28-30-33-36-39-42-45-51(54)57-48-49(47-56-50(53)44-41-38-35-32-29-24-21-18-15-12-9-6-3)58-52(55)46-43-40-37-34-31-27-23-20-17-14-11-8-5-2/h25-26,49H,4-24,27-48H2,1-3H3/b26-25-/t49-/m0/s1. The van der Waals surface area contributed by atoms with E-state index >= 15 is 0 Å². The summed E-state index contributed by atoms with van der Waals surface area (Å²) in [5.74, 6) is -0.861. The summed E-state index contributed by atoms with van der Waals surface area (Å²) in [6, 6.07) is 0. The maximum absolute atomic E-state index is 12.8. The van der Waals surface area contributed by atoms with Gasteiger partial charge in [0.05, 0.1) is 0 Å². The molecule has 0 bridgehead atoms. The van der Waals surface area contributed by atoms with Gasteiger partial charge >= 0.3 is 17.9 Å². The van der Waals surface area contributed by atoms with Gasteiger partial charge in [0.25, 0.3) is 0 Å². The number of unbranched alkanes of at least 4 members (excludes halogenated alkanes) is 34. The summed E-state index contributed by atoms with van der Waals surface area (Å²) in [5, 5.41) is 0. The predicted octanol–water partition coefficient (Wildman–Crippen LogP) is 16.6. The first-order chi connectivity index (χ1) is 28.5. The average molecular weight is 819 g/mol. The molecule has 0 N–H and O–H groups in total. The fourth-order valence-electron chi connectivity index (χ4n) is 7.61. The SMILES string of the molecule is CCCCCCCC/C=C\CCCCCCCC(=O)OC[C@H](COC(=O)CCCCCCCCCCCCCC)OC(=O)CCCCCCCCCCCCCCC. The molecule has 0 aromatic carbocycles. The van der Waals surface area contributed by atoms with Crippen LogP contribution in [0.3, 0.4) is 0 Å². The molecule has 0 saturated carbocycles. The van der Waals surface area contributed by atoms with Crippen molar-refractivity contribution in [1.29, 1.82) is 0 Å². The minimum absolute atomic E-state index is 0.0673. The number of carbonyl (C=O) groups is 3. The van der Waals surface area contributed by atoms with Crippen molar-refractivity contribution in [2.45, 2.75) is 290 Å². The maximum Gasteiger partial charge on any atom is 0.306 e. The lowest BCUT2D eigenvalue weighted by Crippen LogP contribution is -2.30. The van der Waals surface area contributed by atoms with Gasteiger partial charge in [0.15, 0.2) is 6.10 Å². The van der Waals surface area contributed by atoms with Crippen molar-refractivity contribution < 1.29 is 28.6 Å². The van der Waals surface area contributed by atoms with Gasteiger partial charge < -0.3 is 14.2 Å². The number of carbonyl (C=O) groups excluding carboxylic acids is 3. The molecule has 0 aliphatic rings. The molecule has 1 atom stereocenters. The molecule has 0 heterocycles. The predicted molar refractivity (Wildman–Crippen MR) is 247 cm³/mol. The molecule has 0 aliphatic carbocycles. The van der Waals surface area contributed by atoms with E-state index in [1.165, 1.54) is 180 Å². The van der Waals surface area contributed by atoms with E-state index in [9.17, 15) is 14.4 Å². The van der Waals surface area contributed by atoms with Gasteiger partial charge in [-0.3, -0.25) is 14.4 Å². The van der Waals surface area contributed by atoms with Gasteiger partial charge in [-0.05, 0) is 44.9 Å². The van der Waals surface area contributed by atoms with E-state index in [0.29, 0.717) is 19.3 Å². The van der Waals surface area contributed by atoms with Crippen LogP contribution >= 0.6 is 0 Å². The van der Waals surface area contributed by atoms with Crippen LogP contribution < -0.4 is 0 Å². The molecule has 0 rings (SSSR count). The second kappa shape index (κ2) is 47.8. The van der Waals surface area contributed by atoms with E-state index < -0.39 is 6.10 Å². The molecule has 6 nitrogen and oxygen atoms in total. The summed E-state index contributed by atoms with van der Waals surface area (Å²) < 4.78 is 16.8. The first-order valence-corrected chi connectivity index (χ1v) is 25.7. The Morgan fingerprint density at radius 3 is 0.862 bits per heavy atom. The highest BCUT2D eigenvalue weighted by molar-refractivity contribution is 5.71. The maximum atomic E-state index is 12.8. The van der Waals surface area contributed by atoms with Gasteiger partial charge in [0, 0.05) is 19.3 Å². The van der Waals surface area contributed by atoms with Crippen molar-refractivity contribution in [3.63, 3.8) is 0 Å². The van der Waals surface area contributed by atoms with Crippen molar-refractivity contribution in [2.75, 3.05) is 13.2 Å². The van der Waals surface area contributed by atoms with E-state index in [1.807, 2.05) is 0 Å². The quantitative estimate of drug-likeness (QED) is 0.0263. The third-order valence-corrected chi connectivity index (χ3v) is 11.5. The molecule has 0 spiro atoms. The smallest absolute Gasteiger partial charge is 0.306 e. The summed E-state index contributed by atoms with van der Waals surface area (Å²) in [6.07, 6.45) is 51.9. The zero-order chi connectivity index (χ0) is 42.3. The van der Waals surface area contributed by atoms with Crippen LogP contribution in [-0.2, 0) is 28.6 Å². The minimum atomic E-state index is -0.765. The van der Waals surface area contributed by atoms with Gasteiger partial charge in [-0.2, -0.15) is 0 Å². The van der Waals surface area contributed by atoms with E-state index in [2.05, 4.69) is 32.9 Å². The zero-order valence-electron chi connectivity index (χ0n) is 39.1. The third-order valence-electron chi connectivity index (χ3n) is 11.5. The van der Waals surface area contributed by atoms with E-state index in [1.54, 1.807) is 0 Å². The molecule has 0 fully saturated rings. The zero-order valence-corrected chi connectivity index (χ0v) is 39.1. The van der Waals surface area contributed by atoms with Crippen molar-refractivity contribution in [3.8, 4) is 0 Å². The van der Waals surface area contributed by atoms with Gasteiger partial charge in [-0.25, -0.2) is 0 Å². The van der Waals surface area contributed by atoms with E-state index in [4.69, 9.17) is 14.2 Å². The molecule has 0 aromatic rings. The van der Waals surface area contributed by atoms with Gasteiger partial charge in [-0.1, -0.05) is 232 Å². The van der Waals surface area contributed by atoms with Crippen LogP contribution in [0.1, 0.15) is 284 Å². The lowest BCUT2D eigenvalue weighted by atomic mass is 10.0. The van der Waals surface area contributed by atoms with Gasteiger partial charge in [0.2, 0.25) is 0 Å². The number of rotatable bonds is 47. The number of hydrogen-bond acceptors (Lipinski definition) is 6. The molecule has 342 valence electrons. The molecule has 6 heteroatoms. The number of allylic oxidation sites excluding steroid dienone is 2. The van der Waals surface area contributed by atoms with Gasteiger partial charge in [-0.15, -0.1) is 0 Å². The number of esters is 3. The number of hydrogen-bond donors (Lipinski definition) is 0. The van der Waals surface area contributed by atoms with Gasteiger partial charge in [0.1, 0.15) is 13.2 Å². The van der Waals surface area contributed by atoms with Crippen LogP contribution in [0.4, 0.5) is 0 Å². The van der Waals surface area contributed by atoms with Crippen LogP contribution in [0.5, 0.6) is 0 Å².